The van der Waals surface area contributed by atoms with Crippen molar-refractivity contribution in [3.8, 4) is 5.75 Å². The third kappa shape index (κ3) is 5.60. The third-order valence-corrected chi connectivity index (χ3v) is 5.48. The lowest BCUT2D eigenvalue weighted by Gasteiger charge is -2.33. The van der Waals surface area contributed by atoms with Crippen LogP contribution in [0.3, 0.4) is 0 Å². The highest BCUT2D eigenvalue weighted by Gasteiger charge is 2.26. The van der Waals surface area contributed by atoms with Gasteiger partial charge in [-0.2, -0.15) is 0 Å². The average Bonchev–Trinajstić information content (AvgIpc) is 2.81. The van der Waals surface area contributed by atoms with Crippen molar-refractivity contribution in [3.05, 3.63) is 65.2 Å². The van der Waals surface area contributed by atoms with E-state index in [1.54, 1.807) is 26.4 Å². The number of likely N-dealkylation sites (tertiary alicyclic amines) is 1. The molecular formula is C24H30N2O4. The SMILES string of the molecule is COCCCNC(=O)c1cccc(C2CCCN(C(=O)c3ccc(OC)cc3)C2)c1. The fourth-order valence-corrected chi connectivity index (χ4v) is 3.80. The van der Waals surface area contributed by atoms with Crippen molar-refractivity contribution in [1.29, 1.82) is 0 Å². The largest absolute Gasteiger partial charge is 0.497 e. The van der Waals surface area contributed by atoms with Crippen LogP contribution in [0.5, 0.6) is 5.75 Å². The van der Waals surface area contributed by atoms with Gasteiger partial charge in [0.05, 0.1) is 7.11 Å². The Hall–Kier alpha value is -2.86. The smallest absolute Gasteiger partial charge is 0.253 e. The summed E-state index contributed by atoms with van der Waals surface area (Å²) in [6, 6.07) is 15.0. The van der Waals surface area contributed by atoms with Crippen LogP contribution in [0.4, 0.5) is 0 Å². The highest BCUT2D eigenvalue weighted by atomic mass is 16.5. The van der Waals surface area contributed by atoms with Crippen LogP contribution in [0.15, 0.2) is 48.5 Å². The molecule has 0 radical (unpaired) electrons. The lowest BCUT2D eigenvalue weighted by atomic mass is 9.89. The maximum absolute atomic E-state index is 12.9. The summed E-state index contributed by atoms with van der Waals surface area (Å²) in [7, 11) is 3.26. The minimum Gasteiger partial charge on any atom is -0.497 e. The van der Waals surface area contributed by atoms with Gasteiger partial charge >= 0.3 is 0 Å². The Bertz CT molecular complexity index is 851. The predicted molar refractivity (Wildman–Crippen MR) is 116 cm³/mol. The first-order chi connectivity index (χ1) is 14.6. The monoisotopic (exact) mass is 410 g/mol. The predicted octanol–water partition coefficient (Wildman–Crippen LogP) is 3.48. The van der Waals surface area contributed by atoms with E-state index in [0.717, 1.165) is 37.1 Å². The summed E-state index contributed by atoms with van der Waals surface area (Å²) in [5.41, 5.74) is 2.43. The summed E-state index contributed by atoms with van der Waals surface area (Å²) >= 11 is 0. The molecule has 0 spiro atoms. The Morgan fingerprint density at radius 2 is 1.90 bits per heavy atom. The summed E-state index contributed by atoms with van der Waals surface area (Å²) in [5.74, 6) is 0.923. The van der Waals surface area contributed by atoms with Gasteiger partial charge in [0, 0.05) is 50.4 Å². The zero-order valence-electron chi connectivity index (χ0n) is 17.7. The molecular weight excluding hydrogens is 380 g/mol. The van der Waals surface area contributed by atoms with Crippen LogP contribution in [0.1, 0.15) is 51.5 Å². The van der Waals surface area contributed by atoms with Crippen LogP contribution < -0.4 is 10.1 Å². The standard InChI is InChI=1S/C24H30N2O4/c1-29-15-5-13-25-23(27)20-7-3-6-19(16-20)21-8-4-14-26(17-21)24(28)18-9-11-22(30-2)12-10-18/h3,6-7,9-12,16,21H,4-5,8,13-15,17H2,1-2H3,(H,25,27). The Morgan fingerprint density at radius 1 is 1.10 bits per heavy atom. The first kappa shape index (κ1) is 21.8. The van der Waals surface area contributed by atoms with Crippen LogP contribution in [-0.2, 0) is 4.74 Å². The zero-order valence-corrected chi connectivity index (χ0v) is 17.7. The van der Waals surface area contributed by atoms with Gasteiger partial charge in [-0.25, -0.2) is 0 Å². The molecule has 0 aromatic heterocycles. The topological polar surface area (TPSA) is 67.9 Å². The van der Waals surface area contributed by atoms with Gasteiger partial charge in [0.2, 0.25) is 0 Å². The van der Waals surface area contributed by atoms with E-state index < -0.39 is 0 Å². The average molecular weight is 411 g/mol. The molecule has 160 valence electrons. The van der Waals surface area contributed by atoms with E-state index in [-0.39, 0.29) is 17.7 Å². The minimum atomic E-state index is -0.0741. The zero-order chi connectivity index (χ0) is 21.3. The molecule has 2 aromatic carbocycles. The molecule has 1 heterocycles. The number of rotatable bonds is 8. The molecule has 1 aliphatic rings. The number of ether oxygens (including phenoxy) is 2. The molecule has 1 atom stereocenters. The number of hydrogen-bond donors (Lipinski definition) is 1. The Kier molecular flexibility index (Phi) is 7.85. The van der Waals surface area contributed by atoms with E-state index in [9.17, 15) is 9.59 Å². The van der Waals surface area contributed by atoms with Crippen LogP contribution >= 0.6 is 0 Å². The fourth-order valence-electron chi connectivity index (χ4n) is 3.80. The number of hydrogen-bond acceptors (Lipinski definition) is 4. The second-order valence-corrected chi connectivity index (χ2v) is 7.55. The van der Waals surface area contributed by atoms with Gasteiger partial charge in [-0.3, -0.25) is 9.59 Å². The van der Waals surface area contributed by atoms with Crippen LogP contribution in [0.2, 0.25) is 0 Å². The molecule has 0 aliphatic carbocycles. The molecule has 0 bridgehead atoms. The highest BCUT2D eigenvalue weighted by molar-refractivity contribution is 5.95. The molecule has 30 heavy (non-hydrogen) atoms. The minimum absolute atomic E-state index is 0.0365. The van der Waals surface area contributed by atoms with Gasteiger partial charge < -0.3 is 19.7 Å². The van der Waals surface area contributed by atoms with Gasteiger partial charge in [-0.05, 0) is 61.2 Å². The van der Waals surface area contributed by atoms with E-state index in [1.165, 1.54) is 0 Å². The first-order valence-electron chi connectivity index (χ1n) is 10.4. The number of carbonyl (C=O) groups excluding carboxylic acids is 2. The van der Waals surface area contributed by atoms with E-state index in [4.69, 9.17) is 9.47 Å². The number of amides is 2. The van der Waals surface area contributed by atoms with Gasteiger partial charge in [0.25, 0.3) is 11.8 Å². The summed E-state index contributed by atoms with van der Waals surface area (Å²) in [6.07, 6.45) is 2.73. The van der Waals surface area contributed by atoms with Gasteiger partial charge in [0.1, 0.15) is 5.75 Å². The summed E-state index contributed by atoms with van der Waals surface area (Å²) in [4.78, 5) is 27.3. The lowest BCUT2D eigenvalue weighted by Crippen LogP contribution is -2.39. The van der Waals surface area contributed by atoms with Crippen LogP contribution in [0.25, 0.3) is 0 Å². The van der Waals surface area contributed by atoms with Gasteiger partial charge in [-0.1, -0.05) is 12.1 Å². The van der Waals surface area contributed by atoms with E-state index >= 15 is 0 Å². The lowest BCUT2D eigenvalue weighted by molar-refractivity contribution is 0.0706. The number of carbonyl (C=O) groups is 2. The molecule has 6 nitrogen and oxygen atoms in total. The van der Waals surface area contributed by atoms with E-state index in [1.807, 2.05) is 41.3 Å². The van der Waals surface area contributed by atoms with Crippen molar-refractivity contribution in [3.63, 3.8) is 0 Å². The second kappa shape index (κ2) is 10.8. The van der Waals surface area contributed by atoms with E-state index in [0.29, 0.717) is 30.8 Å². The molecule has 1 aliphatic heterocycles. The quantitative estimate of drug-likeness (QED) is 0.677. The van der Waals surface area contributed by atoms with Crippen molar-refractivity contribution in [2.45, 2.75) is 25.2 Å². The van der Waals surface area contributed by atoms with Crippen LogP contribution in [0, 0.1) is 0 Å². The van der Waals surface area contributed by atoms with Gasteiger partial charge in [-0.15, -0.1) is 0 Å². The van der Waals surface area contributed by atoms with Gasteiger partial charge in [0.15, 0.2) is 0 Å². The fraction of sp³-hybridized carbons (Fsp3) is 0.417. The number of methoxy groups -OCH3 is 2. The van der Waals surface area contributed by atoms with Crippen molar-refractivity contribution in [2.75, 3.05) is 40.5 Å². The van der Waals surface area contributed by atoms with Crippen LogP contribution in [-0.4, -0.2) is 57.2 Å². The summed E-state index contributed by atoms with van der Waals surface area (Å²) in [5, 5.41) is 2.93. The highest BCUT2D eigenvalue weighted by Crippen LogP contribution is 2.28. The van der Waals surface area contributed by atoms with Crippen molar-refractivity contribution >= 4 is 11.8 Å². The molecule has 1 saturated heterocycles. The molecule has 2 amide bonds. The summed E-state index contributed by atoms with van der Waals surface area (Å²) < 4.78 is 10.2. The number of nitrogens with zero attached hydrogens (tertiary/aromatic N) is 1. The maximum Gasteiger partial charge on any atom is 0.253 e. The Balaban J connectivity index is 1.64. The Labute approximate surface area is 178 Å². The van der Waals surface area contributed by atoms with E-state index in [2.05, 4.69) is 5.32 Å². The molecule has 1 N–H and O–H groups in total. The first-order valence-corrected chi connectivity index (χ1v) is 10.4. The summed E-state index contributed by atoms with van der Waals surface area (Å²) in [6.45, 7) is 2.62. The number of nitrogens with one attached hydrogen (secondary N) is 1. The molecule has 0 saturated carbocycles. The molecule has 1 fully saturated rings. The van der Waals surface area contributed by atoms with Crippen molar-refractivity contribution in [2.24, 2.45) is 0 Å². The number of benzene rings is 2. The molecule has 1 unspecified atom stereocenters. The normalized spacial score (nSPS) is 16.2. The van der Waals surface area contributed by atoms with Crippen molar-refractivity contribution < 1.29 is 19.1 Å². The second-order valence-electron chi connectivity index (χ2n) is 7.55. The Morgan fingerprint density at radius 3 is 2.63 bits per heavy atom. The molecule has 2 aromatic rings. The number of piperidine rings is 1. The third-order valence-electron chi connectivity index (χ3n) is 5.48. The molecule has 6 heteroatoms. The maximum atomic E-state index is 12.9. The van der Waals surface area contributed by atoms with Crippen molar-refractivity contribution in [1.82, 2.24) is 10.2 Å². The molecule has 3 rings (SSSR count).